The number of hydrogen-bond donors (Lipinski definition) is 1. The Morgan fingerprint density at radius 3 is 2.45 bits per heavy atom. The lowest BCUT2D eigenvalue weighted by Gasteiger charge is -2.43. The van der Waals surface area contributed by atoms with Crippen LogP contribution in [0.2, 0.25) is 0 Å². The van der Waals surface area contributed by atoms with E-state index in [9.17, 15) is 19.2 Å². The third-order valence-corrected chi connectivity index (χ3v) is 6.41. The highest BCUT2D eigenvalue weighted by Gasteiger charge is 2.56. The van der Waals surface area contributed by atoms with Crippen molar-refractivity contribution >= 4 is 23.8 Å². The number of urea groups is 1. The number of rotatable bonds is 7. The van der Waals surface area contributed by atoms with Crippen LogP contribution in [0.25, 0.3) is 0 Å². The molecule has 0 radical (unpaired) electrons. The lowest BCUT2D eigenvalue weighted by Crippen LogP contribution is -2.54. The van der Waals surface area contributed by atoms with Crippen molar-refractivity contribution in [3.05, 3.63) is 35.9 Å². The molecule has 1 aromatic rings. The van der Waals surface area contributed by atoms with Gasteiger partial charge in [0.15, 0.2) is 6.61 Å². The van der Waals surface area contributed by atoms with Crippen LogP contribution in [0.3, 0.4) is 0 Å². The Morgan fingerprint density at radius 2 is 1.85 bits per heavy atom. The van der Waals surface area contributed by atoms with Crippen LogP contribution in [0.15, 0.2) is 30.3 Å². The second kappa shape index (κ2) is 9.53. The molecule has 1 saturated heterocycles. The van der Waals surface area contributed by atoms with Gasteiger partial charge >= 0.3 is 12.0 Å². The fraction of sp³-hybridized carbons (Fsp3) is 0.600. The second-order valence-electron chi connectivity index (χ2n) is 10.5. The van der Waals surface area contributed by atoms with Gasteiger partial charge in [-0.2, -0.15) is 0 Å². The van der Waals surface area contributed by atoms with E-state index in [1.165, 1.54) is 0 Å². The van der Waals surface area contributed by atoms with Gasteiger partial charge in [0.25, 0.3) is 11.8 Å². The first-order valence-electron chi connectivity index (χ1n) is 11.6. The molecule has 1 N–H and O–H groups in total. The highest BCUT2D eigenvalue weighted by atomic mass is 16.5. The molecular weight excluding hydrogens is 422 g/mol. The number of imide groups is 1. The molecule has 2 unspecified atom stereocenters. The van der Waals surface area contributed by atoms with Gasteiger partial charge < -0.3 is 15.0 Å². The molecule has 1 aliphatic carbocycles. The summed E-state index contributed by atoms with van der Waals surface area (Å²) in [5, 5.41) is 2.84. The third kappa shape index (κ3) is 5.72. The molecule has 1 aliphatic heterocycles. The number of carbonyl (C=O) groups is 4. The number of hydrogen-bond acceptors (Lipinski definition) is 5. The van der Waals surface area contributed by atoms with Crippen LogP contribution in [0.1, 0.15) is 59.4 Å². The predicted molar refractivity (Wildman–Crippen MR) is 123 cm³/mol. The lowest BCUT2D eigenvalue weighted by molar-refractivity contribution is -0.155. The summed E-state index contributed by atoms with van der Waals surface area (Å²) in [5.74, 6) is -1.23. The molecular formula is C25H35N3O5. The molecule has 4 amide bonds. The molecule has 2 aliphatic rings. The van der Waals surface area contributed by atoms with E-state index in [1.807, 2.05) is 44.2 Å². The zero-order chi connectivity index (χ0) is 24.4. The van der Waals surface area contributed by atoms with Crippen LogP contribution >= 0.6 is 0 Å². The molecule has 2 fully saturated rings. The molecule has 2 atom stereocenters. The van der Waals surface area contributed by atoms with E-state index in [0.29, 0.717) is 19.4 Å². The van der Waals surface area contributed by atoms with Crippen LogP contribution in [-0.4, -0.2) is 58.3 Å². The summed E-state index contributed by atoms with van der Waals surface area (Å²) >= 11 is 0. The molecule has 1 saturated carbocycles. The first-order chi connectivity index (χ1) is 15.4. The number of nitrogens with zero attached hydrogens (tertiary/aromatic N) is 2. The standard InChI is InChI=1S/C25H35N3O5/c1-17(2)27(13-19-9-7-6-8-10-19)20(29)15-33-21(30)14-28-22(31)25(26-23(28)32)12-18(3)11-24(4,5)16-25/h6-10,17-18H,11-16H2,1-5H3,(H,26,32). The van der Waals surface area contributed by atoms with Crippen molar-refractivity contribution in [2.45, 2.75) is 72.0 Å². The Bertz CT molecular complexity index is 914. The summed E-state index contributed by atoms with van der Waals surface area (Å²) < 4.78 is 5.17. The summed E-state index contributed by atoms with van der Waals surface area (Å²) in [6.07, 6.45) is 2.05. The van der Waals surface area contributed by atoms with Gasteiger partial charge in [-0.25, -0.2) is 4.79 Å². The molecule has 1 heterocycles. The summed E-state index contributed by atoms with van der Waals surface area (Å²) in [6.45, 7) is 9.48. The van der Waals surface area contributed by atoms with Crippen LogP contribution < -0.4 is 5.32 Å². The Hall–Kier alpha value is -2.90. The van der Waals surface area contributed by atoms with Crippen molar-refractivity contribution in [2.75, 3.05) is 13.2 Å². The smallest absolute Gasteiger partial charge is 0.326 e. The summed E-state index contributed by atoms with van der Waals surface area (Å²) in [4.78, 5) is 53.4. The normalized spacial score (nSPS) is 24.2. The lowest BCUT2D eigenvalue weighted by atomic mass is 9.64. The van der Waals surface area contributed by atoms with Crippen molar-refractivity contribution in [3.63, 3.8) is 0 Å². The van der Waals surface area contributed by atoms with Gasteiger partial charge in [-0.1, -0.05) is 51.1 Å². The molecule has 8 heteroatoms. The Balaban J connectivity index is 1.58. The molecule has 0 bridgehead atoms. The number of amides is 4. The number of ether oxygens (including phenoxy) is 1. The van der Waals surface area contributed by atoms with Crippen molar-refractivity contribution in [3.8, 4) is 0 Å². The maximum atomic E-state index is 13.2. The van der Waals surface area contributed by atoms with Crippen molar-refractivity contribution in [1.82, 2.24) is 15.1 Å². The zero-order valence-electron chi connectivity index (χ0n) is 20.2. The van der Waals surface area contributed by atoms with Gasteiger partial charge in [-0.15, -0.1) is 0 Å². The topological polar surface area (TPSA) is 96.0 Å². The Morgan fingerprint density at radius 1 is 1.18 bits per heavy atom. The van der Waals surface area contributed by atoms with Crippen molar-refractivity contribution in [1.29, 1.82) is 0 Å². The quantitative estimate of drug-likeness (QED) is 0.501. The van der Waals surface area contributed by atoms with Gasteiger partial charge in [0, 0.05) is 12.6 Å². The molecule has 8 nitrogen and oxygen atoms in total. The fourth-order valence-electron chi connectivity index (χ4n) is 5.39. The first kappa shape index (κ1) is 24.7. The van der Waals surface area contributed by atoms with Crippen molar-refractivity contribution < 1.29 is 23.9 Å². The minimum Gasteiger partial charge on any atom is -0.454 e. The molecule has 180 valence electrons. The van der Waals surface area contributed by atoms with E-state index >= 15 is 0 Å². The SMILES string of the molecule is CC1CC(C)(C)CC2(C1)NC(=O)N(CC(=O)OCC(=O)N(Cc1ccccc1)C(C)C)C2=O. The number of benzene rings is 1. The van der Waals surface area contributed by atoms with Gasteiger partial charge in [-0.3, -0.25) is 19.3 Å². The van der Waals surface area contributed by atoms with E-state index in [4.69, 9.17) is 4.74 Å². The number of esters is 1. The molecule has 3 rings (SSSR count). The van der Waals surface area contributed by atoms with Crippen LogP contribution in [0.4, 0.5) is 4.79 Å². The van der Waals surface area contributed by atoms with Crippen LogP contribution in [-0.2, 0) is 25.7 Å². The van der Waals surface area contributed by atoms with Gasteiger partial charge in [0.2, 0.25) is 0 Å². The maximum absolute atomic E-state index is 13.2. The highest BCUT2D eigenvalue weighted by Crippen LogP contribution is 2.46. The summed E-state index contributed by atoms with van der Waals surface area (Å²) in [6, 6.07) is 8.89. The van der Waals surface area contributed by atoms with E-state index in [1.54, 1.807) is 4.90 Å². The van der Waals surface area contributed by atoms with Crippen LogP contribution in [0.5, 0.6) is 0 Å². The number of carbonyl (C=O) groups excluding carboxylic acids is 4. The largest absolute Gasteiger partial charge is 0.454 e. The van der Waals surface area contributed by atoms with Gasteiger partial charge in [-0.05, 0) is 50.0 Å². The van der Waals surface area contributed by atoms with Crippen LogP contribution in [0, 0.1) is 11.3 Å². The molecule has 1 aromatic carbocycles. The minimum atomic E-state index is -0.974. The first-order valence-corrected chi connectivity index (χ1v) is 11.6. The van der Waals surface area contributed by atoms with Gasteiger partial charge in [0.05, 0.1) is 0 Å². The third-order valence-electron chi connectivity index (χ3n) is 6.41. The molecule has 33 heavy (non-hydrogen) atoms. The van der Waals surface area contributed by atoms with E-state index in [0.717, 1.165) is 16.9 Å². The van der Waals surface area contributed by atoms with E-state index in [2.05, 4.69) is 26.1 Å². The molecule has 0 aromatic heterocycles. The minimum absolute atomic E-state index is 0.0844. The monoisotopic (exact) mass is 457 g/mol. The maximum Gasteiger partial charge on any atom is 0.326 e. The predicted octanol–water partition coefficient (Wildman–Crippen LogP) is 3.10. The van der Waals surface area contributed by atoms with Crippen molar-refractivity contribution in [2.24, 2.45) is 11.3 Å². The van der Waals surface area contributed by atoms with E-state index in [-0.39, 0.29) is 29.2 Å². The Kier molecular flexibility index (Phi) is 7.14. The average molecular weight is 458 g/mol. The second-order valence-corrected chi connectivity index (χ2v) is 10.5. The molecule has 1 spiro atoms. The number of nitrogens with one attached hydrogen (secondary N) is 1. The fourth-order valence-corrected chi connectivity index (χ4v) is 5.39. The zero-order valence-corrected chi connectivity index (χ0v) is 20.2. The van der Waals surface area contributed by atoms with E-state index < -0.39 is 30.7 Å². The summed E-state index contributed by atoms with van der Waals surface area (Å²) in [5.41, 5.74) is -0.0960. The Labute approximate surface area is 195 Å². The average Bonchev–Trinajstić information content (AvgIpc) is 2.92. The highest BCUT2D eigenvalue weighted by molar-refractivity contribution is 6.08. The summed E-state index contributed by atoms with van der Waals surface area (Å²) in [7, 11) is 0. The van der Waals surface area contributed by atoms with Gasteiger partial charge in [0.1, 0.15) is 12.1 Å².